The Morgan fingerprint density at radius 3 is 2.48 bits per heavy atom. The molecule has 0 atom stereocenters. The van der Waals surface area contributed by atoms with E-state index in [9.17, 15) is 13.2 Å². The smallest absolute Gasteiger partial charge is 0.254 e. The van der Waals surface area contributed by atoms with Gasteiger partial charge in [-0.2, -0.15) is 0 Å². The van der Waals surface area contributed by atoms with Crippen molar-refractivity contribution in [3.05, 3.63) is 29.3 Å². The number of hydrogen-bond donors (Lipinski definition) is 1. The van der Waals surface area contributed by atoms with E-state index in [0.717, 1.165) is 24.9 Å². The van der Waals surface area contributed by atoms with E-state index < -0.39 is 10.0 Å². The van der Waals surface area contributed by atoms with Gasteiger partial charge in [0.2, 0.25) is 10.0 Å². The Labute approximate surface area is 126 Å². The normalized spacial score (nSPS) is 15.3. The zero-order chi connectivity index (χ0) is 15.8. The lowest BCUT2D eigenvalue weighted by atomic mass is 10.1. The number of nitrogens with two attached hydrogens (primary N) is 1. The summed E-state index contributed by atoms with van der Waals surface area (Å²) in [5.41, 5.74) is 1.17. The van der Waals surface area contributed by atoms with Crippen molar-refractivity contribution < 1.29 is 13.2 Å². The Bertz CT molecular complexity index is 649. The van der Waals surface area contributed by atoms with Gasteiger partial charge in [-0.05, 0) is 57.2 Å². The van der Waals surface area contributed by atoms with Crippen LogP contribution in [-0.2, 0) is 10.0 Å². The summed E-state index contributed by atoms with van der Waals surface area (Å²) in [6.07, 6.45) is 2.32. The molecule has 1 aromatic carbocycles. The molecule has 0 spiro atoms. The van der Waals surface area contributed by atoms with E-state index >= 15 is 0 Å². The van der Waals surface area contributed by atoms with E-state index in [2.05, 4.69) is 0 Å². The van der Waals surface area contributed by atoms with Crippen LogP contribution in [0.5, 0.6) is 0 Å². The predicted octanol–water partition coefficient (Wildman–Crippen LogP) is 1.90. The van der Waals surface area contributed by atoms with Gasteiger partial charge in [0.15, 0.2) is 0 Å². The number of benzene rings is 1. The number of rotatable bonds is 5. The first-order valence-corrected chi connectivity index (χ1v) is 8.69. The quantitative estimate of drug-likeness (QED) is 0.902. The van der Waals surface area contributed by atoms with E-state index in [1.807, 2.05) is 18.7 Å². The molecule has 1 aliphatic carbocycles. The van der Waals surface area contributed by atoms with E-state index in [1.165, 1.54) is 12.1 Å². The van der Waals surface area contributed by atoms with E-state index in [0.29, 0.717) is 11.5 Å². The Hall–Kier alpha value is -1.40. The number of amides is 1. The highest BCUT2D eigenvalue weighted by Crippen LogP contribution is 2.31. The second kappa shape index (κ2) is 5.77. The lowest BCUT2D eigenvalue weighted by Gasteiger charge is -2.27. The summed E-state index contributed by atoms with van der Waals surface area (Å²) in [5.74, 6) is 0.456. The summed E-state index contributed by atoms with van der Waals surface area (Å²) in [7, 11) is -3.80. The maximum atomic E-state index is 12.7. The van der Waals surface area contributed by atoms with Crippen LogP contribution in [0.4, 0.5) is 0 Å². The first-order chi connectivity index (χ1) is 9.70. The maximum absolute atomic E-state index is 12.7. The van der Waals surface area contributed by atoms with Crippen LogP contribution in [-0.4, -0.2) is 31.8 Å². The molecule has 2 rings (SSSR count). The molecule has 1 amide bonds. The van der Waals surface area contributed by atoms with Crippen LogP contribution in [0.2, 0.25) is 0 Å². The monoisotopic (exact) mass is 310 g/mol. The van der Waals surface area contributed by atoms with E-state index in [-0.39, 0.29) is 16.8 Å². The zero-order valence-electron chi connectivity index (χ0n) is 12.7. The predicted molar refractivity (Wildman–Crippen MR) is 81.4 cm³/mol. The van der Waals surface area contributed by atoms with Gasteiger partial charge in [0.25, 0.3) is 5.91 Å². The molecule has 1 aromatic rings. The Morgan fingerprint density at radius 1 is 1.38 bits per heavy atom. The van der Waals surface area contributed by atoms with Gasteiger partial charge in [-0.15, -0.1) is 0 Å². The molecule has 0 heterocycles. The number of sulfonamides is 1. The molecule has 0 unspecified atom stereocenters. The topological polar surface area (TPSA) is 80.5 Å². The largest absolute Gasteiger partial charge is 0.336 e. The van der Waals surface area contributed by atoms with Crippen molar-refractivity contribution in [1.82, 2.24) is 4.90 Å². The number of carbonyl (C=O) groups excluding carboxylic acids is 1. The van der Waals surface area contributed by atoms with Gasteiger partial charge in [0.05, 0.1) is 4.90 Å². The van der Waals surface area contributed by atoms with Crippen molar-refractivity contribution in [1.29, 1.82) is 0 Å². The van der Waals surface area contributed by atoms with Crippen molar-refractivity contribution in [2.24, 2.45) is 11.1 Å². The van der Waals surface area contributed by atoms with Crippen molar-refractivity contribution in [2.75, 3.05) is 6.54 Å². The molecule has 0 aliphatic heterocycles. The number of hydrogen-bond acceptors (Lipinski definition) is 3. The molecule has 1 fully saturated rings. The van der Waals surface area contributed by atoms with Gasteiger partial charge < -0.3 is 4.90 Å². The summed E-state index contributed by atoms with van der Waals surface area (Å²) in [6, 6.07) is 4.52. The van der Waals surface area contributed by atoms with Gasteiger partial charge in [-0.1, -0.05) is 6.07 Å². The number of carbonyl (C=O) groups is 1. The average Bonchev–Trinajstić information content (AvgIpc) is 3.18. The minimum absolute atomic E-state index is 0.0217. The van der Waals surface area contributed by atoms with Crippen molar-refractivity contribution in [3.63, 3.8) is 0 Å². The molecule has 6 heteroatoms. The van der Waals surface area contributed by atoms with Crippen molar-refractivity contribution >= 4 is 15.9 Å². The molecule has 0 bridgehead atoms. The lowest BCUT2D eigenvalue weighted by Crippen LogP contribution is -2.39. The van der Waals surface area contributed by atoms with Crippen molar-refractivity contribution in [2.45, 2.75) is 44.6 Å². The maximum Gasteiger partial charge on any atom is 0.254 e. The molecule has 1 aliphatic rings. The first-order valence-electron chi connectivity index (χ1n) is 7.14. The lowest BCUT2D eigenvalue weighted by molar-refractivity contribution is 0.0695. The molecule has 0 saturated heterocycles. The SMILES string of the molecule is Cc1ccc(S(N)(=O)=O)cc1C(=O)N(CC1CC1)C(C)C. The molecule has 2 N–H and O–H groups in total. The van der Waals surface area contributed by atoms with Crippen LogP contribution >= 0.6 is 0 Å². The second-order valence-corrected chi connectivity index (χ2v) is 7.58. The molecule has 0 radical (unpaired) electrons. The number of nitrogens with zero attached hydrogens (tertiary/aromatic N) is 1. The van der Waals surface area contributed by atoms with Crippen molar-refractivity contribution in [3.8, 4) is 0 Å². The summed E-state index contributed by atoms with van der Waals surface area (Å²) < 4.78 is 22.9. The Balaban J connectivity index is 2.36. The molecular weight excluding hydrogens is 288 g/mol. The third-order valence-corrected chi connectivity index (χ3v) is 4.72. The molecule has 116 valence electrons. The summed E-state index contributed by atoms with van der Waals surface area (Å²) >= 11 is 0. The van der Waals surface area contributed by atoms with Crippen LogP contribution < -0.4 is 5.14 Å². The van der Waals surface area contributed by atoms with E-state index in [1.54, 1.807) is 13.0 Å². The highest BCUT2D eigenvalue weighted by atomic mass is 32.2. The van der Waals surface area contributed by atoms with Crippen LogP contribution in [0, 0.1) is 12.8 Å². The fourth-order valence-corrected chi connectivity index (χ4v) is 2.81. The zero-order valence-corrected chi connectivity index (χ0v) is 13.5. The summed E-state index contributed by atoms with van der Waals surface area (Å²) in [6.45, 7) is 6.48. The molecular formula is C15H22N2O3S. The summed E-state index contributed by atoms with van der Waals surface area (Å²) in [5, 5.41) is 5.15. The fourth-order valence-electron chi connectivity index (χ4n) is 2.27. The van der Waals surface area contributed by atoms with Gasteiger partial charge in [0, 0.05) is 18.2 Å². The average molecular weight is 310 g/mol. The van der Waals surface area contributed by atoms with Gasteiger partial charge >= 0.3 is 0 Å². The van der Waals surface area contributed by atoms with E-state index in [4.69, 9.17) is 5.14 Å². The summed E-state index contributed by atoms with van der Waals surface area (Å²) in [4.78, 5) is 14.5. The second-order valence-electron chi connectivity index (χ2n) is 6.02. The molecule has 21 heavy (non-hydrogen) atoms. The van der Waals surface area contributed by atoms with Crippen LogP contribution in [0.15, 0.2) is 23.1 Å². The third kappa shape index (κ3) is 3.83. The Morgan fingerprint density at radius 2 is 2.00 bits per heavy atom. The number of primary sulfonamides is 1. The van der Waals surface area contributed by atoms with Gasteiger partial charge in [-0.25, -0.2) is 13.6 Å². The molecule has 5 nitrogen and oxygen atoms in total. The minimum Gasteiger partial charge on any atom is -0.336 e. The third-order valence-electron chi connectivity index (χ3n) is 3.80. The highest BCUT2D eigenvalue weighted by Gasteiger charge is 2.29. The number of aryl methyl sites for hydroxylation is 1. The van der Waals surface area contributed by atoms with Crippen LogP contribution in [0.3, 0.4) is 0 Å². The van der Waals surface area contributed by atoms with Gasteiger partial charge in [0.1, 0.15) is 0 Å². The highest BCUT2D eigenvalue weighted by molar-refractivity contribution is 7.89. The molecule has 1 saturated carbocycles. The fraction of sp³-hybridized carbons (Fsp3) is 0.533. The van der Waals surface area contributed by atoms with Gasteiger partial charge in [-0.3, -0.25) is 4.79 Å². The molecule has 0 aromatic heterocycles. The first kappa shape index (κ1) is 16.0. The minimum atomic E-state index is -3.80. The van der Waals surface area contributed by atoms with Crippen LogP contribution in [0.1, 0.15) is 42.6 Å². The Kier molecular flexibility index (Phi) is 4.39. The van der Waals surface area contributed by atoms with Crippen LogP contribution in [0.25, 0.3) is 0 Å². The standard InChI is InChI=1S/C15H22N2O3S/c1-10(2)17(9-12-5-6-12)15(18)14-8-13(21(16,19)20)7-4-11(14)3/h4,7-8,10,12H,5-6,9H2,1-3H3,(H2,16,19,20).